The average Bonchev–Trinajstić information content (AvgIpc) is 3.21. The van der Waals surface area contributed by atoms with Crippen molar-refractivity contribution in [1.82, 2.24) is 0 Å². The number of amides is 2. The van der Waals surface area contributed by atoms with E-state index in [9.17, 15) is 39.9 Å². The van der Waals surface area contributed by atoms with E-state index in [-0.39, 0.29) is 30.2 Å². The third kappa shape index (κ3) is 4.08. The maximum atomic E-state index is 13.6. The number of carbonyl (C=O) groups is 2. The van der Waals surface area contributed by atoms with Crippen molar-refractivity contribution in [3.05, 3.63) is 23.8 Å². The summed E-state index contributed by atoms with van der Waals surface area (Å²) in [4.78, 5) is 38.9. The van der Waals surface area contributed by atoms with Gasteiger partial charge in [-0.05, 0) is 37.7 Å². The summed E-state index contributed by atoms with van der Waals surface area (Å²) >= 11 is 0. The molecular formula is C23H34N2O10Si. The number of rotatable bonds is 5. The molecule has 1 aromatic carbocycles. The Bertz CT molecular complexity index is 1030. The summed E-state index contributed by atoms with van der Waals surface area (Å²) in [7, 11) is -1.22. The minimum atomic E-state index is -2.83. The molecule has 0 radical (unpaired) electrons. The number of nitrogens with one attached hydrogen (secondary N) is 1. The quantitative estimate of drug-likeness (QED) is 0.224. The van der Waals surface area contributed by atoms with Gasteiger partial charge < -0.3 is 50.0 Å². The molecular weight excluding hydrogens is 492 g/mol. The standard InChI is InChI=1S/C23H34N2O10Si/c1-10-19(36(3,4)33)14(7-8-26)35-23(10)12-9-11(5-6-13(12)25(2)22(23)32)24-20(30)18-16(28)15(27)17(29)21(31)34-18/h5-6,9-10,14-19,21,26-29,31,33H,7-8H2,1-4H3,(H,24,30)/t10-,14+,15+,16+,17-,18+,19-,21-,23+/m1/s1. The number of fused-ring (bicyclic) bond motifs is 2. The minimum Gasteiger partial charge on any atom is -0.432 e. The molecule has 3 aliphatic heterocycles. The second-order valence-corrected chi connectivity index (χ2v) is 14.4. The molecule has 2 amide bonds. The van der Waals surface area contributed by atoms with E-state index >= 15 is 0 Å². The fraction of sp³-hybridized carbons (Fsp3) is 0.652. The van der Waals surface area contributed by atoms with Crippen LogP contribution in [0.5, 0.6) is 0 Å². The zero-order valence-electron chi connectivity index (χ0n) is 20.5. The SMILES string of the molecule is C[C@@H]1[C@@H]([Si](C)(C)O)[C@H](CCO)O[C@@]12C(=O)N(C)c1ccc(NC(=O)[C@H]3O[C@@H](O)[C@H](O)[C@@H](O)[C@@H]3O)cc12. The lowest BCUT2D eigenvalue weighted by Gasteiger charge is -2.37. The molecule has 12 nitrogen and oxygen atoms in total. The predicted molar refractivity (Wildman–Crippen MR) is 128 cm³/mol. The summed E-state index contributed by atoms with van der Waals surface area (Å²) in [6.45, 7) is 5.23. The molecule has 4 rings (SSSR count). The number of benzene rings is 1. The fourth-order valence-electron chi connectivity index (χ4n) is 5.95. The predicted octanol–water partition coefficient (Wildman–Crippen LogP) is -1.42. The van der Waals surface area contributed by atoms with Gasteiger partial charge in [0.25, 0.3) is 11.8 Å². The van der Waals surface area contributed by atoms with Gasteiger partial charge in [-0.25, -0.2) is 0 Å². The fourth-order valence-corrected chi connectivity index (χ4v) is 8.55. The molecule has 2 saturated heterocycles. The van der Waals surface area contributed by atoms with Crippen molar-refractivity contribution in [2.45, 2.75) is 74.4 Å². The monoisotopic (exact) mass is 526 g/mol. The van der Waals surface area contributed by atoms with Crippen LogP contribution in [0.3, 0.4) is 0 Å². The summed E-state index contributed by atoms with van der Waals surface area (Å²) in [6.07, 6.45) is -9.17. The van der Waals surface area contributed by atoms with Gasteiger partial charge in [0, 0.05) is 36.4 Å². The number of aliphatic hydroxyl groups is 5. The van der Waals surface area contributed by atoms with Gasteiger partial charge >= 0.3 is 0 Å². The van der Waals surface area contributed by atoms with Crippen LogP contribution in [0.15, 0.2) is 18.2 Å². The summed E-state index contributed by atoms with van der Waals surface area (Å²) in [6, 6.07) is 4.75. The van der Waals surface area contributed by atoms with Crippen LogP contribution in [0.2, 0.25) is 18.6 Å². The number of aliphatic hydroxyl groups excluding tert-OH is 5. The Morgan fingerprint density at radius 1 is 1.17 bits per heavy atom. The highest BCUT2D eigenvalue weighted by molar-refractivity contribution is 6.71. The number of nitrogens with zero attached hydrogens (tertiary/aromatic N) is 1. The van der Waals surface area contributed by atoms with Crippen LogP contribution in [0.1, 0.15) is 18.9 Å². The Labute approximate surface area is 209 Å². The van der Waals surface area contributed by atoms with Gasteiger partial charge in [-0.2, -0.15) is 0 Å². The first-order valence-corrected chi connectivity index (χ1v) is 14.9. The van der Waals surface area contributed by atoms with Gasteiger partial charge in [-0.15, -0.1) is 0 Å². The third-order valence-corrected chi connectivity index (χ3v) is 10.1. The first kappa shape index (κ1) is 27.1. The first-order valence-electron chi connectivity index (χ1n) is 11.9. The Balaban J connectivity index is 1.68. The number of anilines is 2. The summed E-state index contributed by atoms with van der Waals surface area (Å²) in [5, 5.41) is 51.6. The molecule has 13 heteroatoms. The van der Waals surface area contributed by atoms with Crippen LogP contribution in [0.4, 0.5) is 11.4 Å². The lowest BCUT2D eigenvalue weighted by Crippen LogP contribution is -2.60. The molecule has 9 atom stereocenters. The number of hydrogen-bond acceptors (Lipinski definition) is 10. The zero-order chi connectivity index (χ0) is 26.7. The van der Waals surface area contributed by atoms with Crippen LogP contribution in [-0.4, -0.2) is 101 Å². The van der Waals surface area contributed by atoms with E-state index in [2.05, 4.69) is 5.32 Å². The molecule has 1 aromatic rings. The van der Waals surface area contributed by atoms with Crippen molar-refractivity contribution in [1.29, 1.82) is 0 Å². The molecule has 200 valence electrons. The normalized spacial score (nSPS) is 38.5. The highest BCUT2D eigenvalue weighted by Crippen LogP contribution is 2.59. The van der Waals surface area contributed by atoms with Crippen LogP contribution >= 0.6 is 0 Å². The summed E-state index contributed by atoms with van der Waals surface area (Å²) in [5.74, 6) is -1.62. The van der Waals surface area contributed by atoms with E-state index in [0.717, 1.165) is 0 Å². The van der Waals surface area contributed by atoms with Crippen molar-refractivity contribution in [2.24, 2.45) is 5.92 Å². The van der Waals surface area contributed by atoms with Crippen molar-refractivity contribution >= 4 is 31.5 Å². The first-order chi connectivity index (χ1) is 16.7. The number of likely N-dealkylation sites (N-methyl/N-ethyl adjacent to an activating group) is 1. The highest BCUT2D eigenvalue weighted by Gasteiger charge is 2.65. The molecule has 0 aliphatic carbocycles. The number of hydrogen-bond donors (Lipinski definition) is 7. The Morgan fingerprint density at radius 2 is 1.83 bits per heavy atom. The van der Waals surface area contributed by atoms with E-state index in [0.29, 0.717) is 11.3 Å². The lowest BCUT2D eigenvalue weighted by molar-refractivity contribution is -0.274. The molecule has 3 heterocycles. The Hall–Kier alpha value is -1.94. The molecule has 7 N–H and O–H groups in total. The molecule has 0 bridgehead atoms. The van der Waals surface area contributed by atoms with Gasteiger partial charge in [-0.1, -0.05) is 6.92 Å². The molecule has 1 spiro atoms. The third-order valence-electron chi connectivity index (χ3n) is 7.64. The Kier molecular flexibility index (Phi) is 7.09. The maximum absolute atomic E-state index is 13.6. The van der Waals surface area contributed by atoms with Crippen molar-refractivity contribution < 1.29 is 49.4 Å². The van der Waals surface area contributed by atoms with E-state index in [1.807, 2.05) is 6.92 Å². The summed E-state index contributed by atoms with van der Waals surface area (Å²) in [5.41, 5.74) is -0.477. The largest absolute Gasteiger partial charge is 0.432 e. The van der Waals surface area contributed by atoms with Crippen molar-refractivity contribution in [3.8, 4) is 0 Å². The van der Waals surface area contributed by atoms with Crippen LogP contribution in [0, 0.1) is 5.92 Å². The van der Waals surface area contributed by atoms with Gasteiger partial charge in [0.15, 0.2) is 26.3 Å². The van der Waals surface area contributed by atoms with Gasteiger partial charge in [0.05, 0.1) is 11.8 Å². The van der Waals surface area contributed by atoms with Crippen molar-refractivity contribution in [3.63, 3.8) is 0 Å². The van der Waals surface area contributed by atoms with E-state index in [4.69, 9.17) is 9.47 Å². The highest BCUT2D eigenvalue weighted by atomic mass is 28.4. The second kappa shape index (κ2) is 9.42. The molecule has 3 aliphatic rings. The molecule has 36 heavy (non-hydrogen) atoms. The van der Waals surface area contributed by atoms with E-state index in [1.54, 1.807) is 38.3 Å². The molecule has 2 fully saturated rings. The second-order valence-electron chi connectivity index (χ2n) is 10.4. The molecule has 0 aromatic heterocycles. The zero-order valence-corrected chi connectivity index (χ0v) is 21.5. The van der Waals surface area contributed by atoms with E-state index in [1.165, 1.54) is 4.90 Å². The topological polar surface area (TPSA) is 189 Å². The Morgan fingerprint density at radius 3 is 2.44 bits per heavy atom. The average molecular weight is 527 g/mol. The van der Waals surface area contributed by atoms with Crippen LogP contribution in [-0.2, 0) is 24.7 Å². The van der Waals surface area contributed by atoms with Gasteiger partial charge in [-0.3, -0.25) is 9.59 Å². The smallest absolute Gasteiger partial charge is 0.264 e. The van der Waals surface area contributed by atoms with Crippen LogP contribution < -0.4 is 10.2 Å². The van der Waals surface area contributed by atoms with Gasteiger partial charge in [0.2, 0.25) is 0 Å². The van der Waals surface area contributed by atoms with Crippen LogP contribution in [0.25, 0.3) is 0 Å². The molecule has 0 saturated carbocycles. The van der Waals surface area contributed by atoms with Gasteiger partial charge in [0.1, 0.15) is 18.3 Å². The molecule has 0 unspecified atom stereocenters. The number of ether oxygens (including phenoxy) is 2. The summed E-state index contributed by atoms with van der Waals surface area (Å²) < 4.78 is 11.4. The lowest BCUT2D eigenvalue weighted by atomic mass is 9.82. The van der Waals surface area contributed by atoms with Crippen molar-refractivity contribution in [2.75, 3.05) is 23.9 Å². The minimum absolute atomic E-state index is 0.169. The van der Waals surface area contributed by atoms with E-state index < -0.39 is 62.6 Å². The maximum Gasteiger partial charge on any atom is 0.264 e. The number of carbonyl (C=O) groups excluding carboxylic acids is 2.